The molecule has 3 N–H and O–H groups in total. The maximum atomic E-state index is 12.0. The normalized spacial score (nSPS) is 16.9. The number of halogens is 1. The van der Waals surface area contributed by atoms with E-state index < -0.39 is 0 Å². The Morgan fingerprint density at radius 2 is 2.41 bits per heavy atom. The molecule has 0 aromatic carbocycles. The molecule has 1 atom stereocenters. The standard InChI is InChI=1S/C11H17BrN4O/c1-7(13)4-14-9-5-15-16(6-8-2-3-8)11(17)10(9)12/h5,7-8,14H,2-4,6,13H2,1H3. The van der Waals surface area contributed by atoms with Crippen LogP contribution in [0.15, 0.2) is 15.5 Å². The molecule has 5 nitrogen and oxygen atoms in total. The molecule has 0 aliphatic heterocycles. The summed E-state index contributed by atoms with van der Waals surface area (Å²) in [6.07, 6.45) is 4.09. The number of nitrogens with zero attached hydrogens (tertiary/aromatic N) is 2. The van der Waals surface area contributed by atoms with Gasteiger partial charge in [0.25, 0.3) is 5.56 Å². The van der Waals surface area contributed by atoms with Gasteiger partial charge in [0, 0.05) is 19.1 Å². The molecule has 1 aromatic rings. The molecule has 1 aromatic heterocycles. The summed E-state index contributed by atoms with van der Waals surface area (Å²) >= 11 is 3.31. The van der Waals surface area contributed by atoms with E-state index >= 15 is 0 Å². The van der Waals surface area contributed by atoms with E-state index in [9.17, 15) is 4.79 Å². The molecule has 1 fully saturated rings. The Morgan fingerprint density at radius 1 is 1.71 bits per heavy atom. The molecule has 0 bridgehead atoms. The van der Waals surface area contributed by atoms with Gasteiger partial charge in [0.05, 0.1) is 11.9 Å². The smallest absolute Gasteiger partial charge is 0.283 e. The van der Waals surface area contributed by atoms with Crippen LogP contribution in [-0.2, 0) is 6.54 Å². The summed E-state index contributed by atoms with van der Waals surface area (Å²) in [6.45, 7) is 3.25. The Labute approximate surface area is 109 Å². The molecule has 1 heterocycles. The van der Waals surface area contributed by atoms with Crippen molar-refractivity contribution in [2.75, 3.05) is 11.9 Å². The van der Waals surface area contributed by atoms with E-state index in [2.05, 4.69) is 26.3 Å². The van der Waals surface area contributed by atoms with Crippen molar-refractivity contribution in [1.82, 2.24) is 9.78 Å². The SMILES string of the molecule is CC(N)CNc1cnn(CC2CC2)c(=O)c1Br. The van der Waals surface area contributed by atoms with E-state index in [0.29, 0.717) is 22.6 Å². The second kappa shape index (κ2) is 5.18. The Hall–Kier alpha value is -0.880. The molecule has 1 unspecified atom stereocenters. The van der Waals surface area contributed by atoms with Gasteiger partial charge in [0.2, 0.25) is 0 Å². The molecule has 0 radical (unpaired) electrons. The maximum absolute atomic E-state index is 12.0. The van der Waals surface area contributed by atoms with Gasteiger partial charge in [-0.2, -0.15) is 5.10 Å². The zero-order valence-electron chi connectivity index (χ0n) is 9.82. The largest absolute Gasteiger partial charge is 0.381 e. The predicted molar refractivity (Wildman–Crippen MR) is 71.1 cm³/mol. The number of anilines is 1. The molecule has 1 aliphatic rings. The van der Waals surface area contributed by atoms with Crippen LogP contribution in [0.1, 0.15) is 19.8 Å². The van der Waals surface area contributed by atoms with Gasteiger partial charge in [-0.05, 0) is 41.6 Å². The first-order chi connectivity index (χ1) is 8.08. The number of nitrogens with one attached hydrogen (secondary N) is 1. The Bertz CT molecular complexity index is 453. The van der Waals surface area contributed by atoms with Crippen LogP contribution in [-0.4, -0.2) is 22.4 Å². The van der Waals surface area contributed by atoms with Crippen LogP contribution in [0.25, 0.3) is 0 Å². The number of hydrogen-bond acceptors (Lipinski definition) is 4. The summed E-state index contributed by atoms with van der Waals surface area (Å²) in [5, 5.41) is 7.27. The minimum Gasteiger partial charge on any atom is -0.381 e. The van der Waals surface area contributed by atoms with Gasteiger partial charge >= 0.3 is 0 Å². The molecule has 0 spiro atoms. The summed E-state index contributed by atoms with van der Waals surface area (Å²) in [5.41, 5.74) is 6.28. The van der Waals surface area contributed by atoms with Gasteiger partial charge in [-0.1, -0.05) is 0 Å². The second-order valence-corrected chi connectivity index (χ2v) is 5.45. The van der Waals surface area contributed by atoms with Crippen molar-refractivity contribution in [2.45, 2.75) is 32.4 Å². The van der Waals surface area contributed by atoms with Crippen molar-refractivity contribution in [3.8, 4) is 0 Å². The lowest BCUT2D eigenvalue weighted by molar-refractivity contribution is 0.531. The fourth-order valence-corrected chi connectivity index (χ4v) is 1.98. The molecular weight excluding hydrogens is 284 g/mol. The molecule has 2 rings (SSSR count). The Morgan fingerprint density at radius 3 is 3.00 bits per heavy atom. The van der Waals surface area contributed by atoms with Crippen LogP contribution in [0.4, 0.5) is 5.69 Å². The predicted octanol–water partition coefficient (Wildman–Crippen LogP) is 1.17. The third kappa shape index (κ3) is 3.29. The van der Waals surface area contributed by atoms with E-state index in [4.69, 9.17) is 5.73 Å². The average Bonchev–Trinajstić information content (AvgIpc) is 3.07. The van der Waals surface area contributed by atoms with Gasteiger partial charge < -0.3 is 11.1 Å². The van der Waals surface area contributed by atoms with Crippen LogP contribution >= 0.6 is 15.9 Å². The van der Waals surface area contributed by atoms with Crippen molar-refractivity contribution in [3.63, 3.8) is 0 Å². The highest BCUT2D eigenvalue weighted by atomic mass is 79.9. The van der Waals surface area contributed by atoms with Crippen molar-refractivity contribution in [1.29, 1.82) is 0 Å². The van der Waals surface area contributed by atoms with Crippen LogP contribution < -0.4 is 16.6 Å². The number of aromatic nitrogens is 2. The highest BCUT2D eigenvalue weighted by Crippen LogP contribution is 2.30. The monoisotopic (exact) mass is 300 g/mol. The molecule has 1 saturated carbocycles. The van der Waals surface area contributed by atoms with Crippen LogP contribution in [0.5, 0.6) is 0 Å². The van der Waals surface area contributed by atoms with Crippen LogP contribution in [0.3, 0.4) is 0 Å². The minimum absolute atomic E-state index is 0.0378. The minimum atomic E-state index is -0.0772. The average molecular weight is 301 g/mol. The Kier molecular flexibility index (Phi) is 3.83. The third-order valence-electron chi connectivity index (χ3n) is 2.73. The van der Waals surface area contributed by atoms with E-state index in [1.165, 1.54) is 17.5 Å². The van der Waals surface area contributed by atoms with E-state index in [-0.39, 0.29) is 11.6 Å². The number of nitrogens with two attached hydrogens (primary N) is 1. The summed E-state index contributed by atoms with van der Waals surface area (Å²) in [6, 6.07) is 0.0378. The lowest BCUT2D eigenvalue weighted by Gasteiger charge is -2.11. The van der Waals surface area contributed by atoms with Crippen molar-refractivity contribution >= 4 is 21.6 Å². The van der Waals surface area contributed by atoms with Crippen LogP contribution in [0.2, 0.25) is 0 Å². The molecular formula is C11H17BrN4O. The number of rotatable bonds is 5. The lowest BCUT2D eigenvalue weighted by Crippen LogP contribution is -2.28. The topological polar surface area (TPSA) is 72.9 Å². The van der Waals surface area contributed by atoms with Gasteiger partial charge in [-0.25, -0.2) is 4.68 Å². The first-order valence-electron chi connectivity index (χ1n) is 5.83. The van der Waals surface area contributed by atoms with Gasteiger partial charge in [-0.3, -0.25) is 4.79 Å². The van der Waals surface area contributed by atoms with Crippen LogP contribution in [0, 0.1) is 5.92 Å². The fraction of sp³-hybridized carbons (Fsp3) is 0.636. The first kappa shape index (κ1) is 12.6. The maximum Gasteiger partial charge on any atom is 0.283 e. The van der Waals surface area contributed by atoms with Gasteiger partial charge in [0.15, 0.2) is 0 Å². The fourth-order valence-electron chi connectivity index (χ4n) is 1.53. The van der Waals surface area contributed by atoms with E-state index in [1.807, 2.05) is 6.92 Å². The number of hydrogen-bond donors (Lipinski definition) is 2. The summed E-state index contributed by atoms with van der Waals surface area (Å²) in [4.78, 5) is 12.0. The highest BCUT2D eigenvalue weighted by molar-refractivity contribution is 9.10. The lowest BCUT2D eigenvalue weighted by atomic mass is 10.3. The van der Waals surface area contributed by atoms with Crippen molar-refractivity contribution in [2.24, 2.45) is 11.7 Å². The van der Waals surface area contributed by atoms with E-state index in [0.717, 1.165) is 6.54 Å². The zero-order valence-corrected chi connectivity index (χ0v) is 11.4. The molecule has 1 aliphatic carbocycles. The summed E-state index contributed by atoms with van der Waals surface area (Å²) in [5.74, 6) is 0.634. The van der Waals surface area contributed by atoms with E-state index in [1.54, 1.807) is 6.20 Å². The molecule has 0 saturated heterocycles. The molecule has 0 amide bonds. The first-order valence-corrected chi connectivity index (χ1v) is 6.62. The van der Waals surface area contributed by atoms with Crippen molar-refractivity contribution in [3.05, 3.63) is 21.0 Å². The highest BCUT2D eigenvalue weighted by Gasteiger charge is 2.23. The van der Waals surface area contributed by atoms with Crippen molar-refractivity contribution < 1.29 is 0 Å². The zero-order chi connectivity index (χ0) is 12.4. The molecule has 17 heavy (non-hydrogen) atoms. The summed E-state index contributed by atoms with van der Waals surface area (Å²) < 4.78 is 2.06. The second-order valence-electron chi connectivity index (χ2n) is 4.66. The Balaban J connectivity index is 2.13. The quantitative estimate of drug-likeness (QED) is 0.856. The van der Waals surface area contributed by atoms with Gasteiger partial charge in [-0.15, -0.1) is 0 Å². The molecule has 94 valence electrons. The third-order valence-corrected chi connectivity index (χ3v) is 3.49. The van der Waals surface area contributed by atoms with Gasteiger partial charge in [0.1, 0.15) is 4.47 Å². The summed E-state index contributed by atoms with van der Waals surface area (Å²) in [7, 11) is 0. The molecule has 6 heteroatoms.